The van der Waals surface area contributed by atoms with Gasteiger partial charge in [-0.2, -0.15) is 10.5 Å². The summed E-state index contributed by atoms with van der Waals surface area (Å²) in [4.78, 5) is 2.90. The minimum atomic E-state index is -1.48. The van der Waals surface area contributed by atoms with Crippen molar-refractivity contribution in [3.05, 3.63) is 33.8 Å². The van der Waals surface area contributed by atoms with E-state index in [-0.39, 0.29) is 18.5 Å². The molecule has 1 saturated heterocycles. The Morgan fingerprint density at radius 1 is 1.29 bits per heavy atom. The number of nitrogens with two attached hydrogens (primary N) is 1. The fourth-order valence-corrected chi connectivity index (χ4v) is 4.80. The van der Waals surface area contributed by atoms with Crippen molar-refractivity contribution in [1.82, 2.24) is 0 Å². The van der Waals surface area contributed by atoms with Crippen LogP contribution in [0.5, 0.6) is 0 Å². The molecular weight excluding hydrogens is 351 g/mol. The molecule has 1 aliphatic carbocycles. The largest absolute Gasteiger partial charge is 0.343 e. The molecule has 2 fully saturated rings. The van der Waals surface area contributed by atoms with Gasteiger partial charge in [-0.15, -0.1) is 0 Å². The Kier molecular flexibility index (Phi) is 3.02. The van der Waals surface area contributed by atoms with Gasteiger partial charge in [0.05, 0.1) is 30.8 Å². The second kappa shape index (κ2) is 4.62. The number of ether oxygens (including phenoxy) is 2. The average Bonchev–Trinajstić information content (AvgIpc) is 2.89. The number of benzene rings is 1. The molecule has 4 rings (SSSR count). The van der Waals surface area contributed by atoms with Crippen molar-refractivity contribution in [3.63, 3.8) is 0 Å². The summed E-state index contributed by atoms with van der Waals surface area (Å²) in [7, 11) is 0. The first-order chi connectivity index (χ1) is 11.4. The molecular formula is C16H13Cl2N4O2+. The summed E-state index contributed by atoms with van der Waals surface area (Å²) in [5, 5.41) is 20.7. The van der Waals surface area contributed by atoms with Gasteiger partial charge in [0.15, 0.2) is 10.8 Å². The molecule has 6 nitrogen and oxygen atoms in total. The fourth-order valence-electron chi connectivity index (χ4n) is 4.18. The molecule has 2 aliphatic heterocycles. The van der Waals surface area contributed by atoms with E-state index in [4.69, 9.17) is 38.4 Å². The predicted octanol–water partition coefficient (Wildman–Crippen LogP) is 0.651. The predicted molar refractivity (Wildman–Crippen MR) is 84.7 cm³/mol. The van der Waals surface area contributed by atoms with Crippen LogP contribution < -0.4 is 10.7 Å². The Bertz CT molecular complexity index is 856. The maximum atomic E-state index is 10.1. The first kappa shape index (κ1) is 15.7. The van der Waals surface area contributed by atoms with Gasteiger partial charge < -0.3 is 9.47 Å². The van der Waals surface area contributed by atoms with Crippen molar-refractivity contribution in [1.29, 1.82) is 10.5 Å². The van der Waals surface area contributed by atoms with Gasteiger partial charge in [0, 0.05) is 10.0 Å². The van der Waals surface area contributed by atoms with Crippen molar-refractivity contribution >= 4 is 29.0 Å². The highest BCUT2D eigenvalue weighted by Gasteiger charge is 2.98. The van der Waals surface area contributed by atoms with Gasteiger partial charge in [-0.05, 0) is 24.6 Å². The van der Waals surface area contributed by atoms with Crippen LogP contribution in [0.2, 0.25) is 10.0 Å². The molecule has 0 radical (unpaired) electrons. The number of fused-ring (bicyclic) bond motifs is 2. The molecule has 3 N–H and O–H groups in total. The Labute approximate surface area is 148 Å². The van der Waals surface area contributed by atoms with Crippen LogP contribution in [0.15, 0.2) is 18.2 Å². The molecule has 122 valence electrons. The number of hydrogen-bond acceptors (Lipinski definition) is 5. The highest BCUT2D eigenvalue weighted by Crippen LogP contribution is 2.80. The molecule has 5 atom stereocenters. The van der Waals surface area contributed by atoms with E-state index in [0.717, 1.165) is 0 Å². The molecule has 8 heteroatoms. The zero-order valence-electron chi connectivity index (χ0n) is 12.6. The summed E-state index contributed by atoms with van der Waals surface area (Å²) in [6.07, 6.45) is -0.243. The van der Waals surface area contributed by atoms with Gasteiger partial charge >= 0.3 is 5.91 Å². The van der Waals surface area contributed by atoms with Crippen molar-refractivity contribution in [2.24, 2.45) is 16.6 Å². The topological polar surface area (TPSA) is 106 Å². The van der Waals surface area contributed by atoms with E-state index < -0.39 is 22.7 Å². The number of halogens is 2. The lowest BCUT2D eigenvalue weighted by molar-refractivity contribution is -0.677. The van der Waals surface area contributed by atoms with E-state index in [1.54, 1.807) is 18.2 Å². The van der Waals surface area contributed by atoms with E-state index in [0.29, 0.717) is 15.6 Å². The Morgan fingerprint density at radius 3 is 2.46 bits per heavy atom. The van der Waals surface area contributed by atoms with Gasteiger partial charge in [0.25, 0.3) is 5.84 Å². The van der Waals surface area contributed by atoms with Crippen LogP contribution in [0.3, 0.4) is 0 Å². The Morgan fingerprint density at radius 2 is 1.96 bits per heavy atom. The molecule has 1 saturated carbocycles. The Hall–Kier alpha value is -1.83. The number of nitrogens with one attached hydrogen (secondary N) is 1. The van der Waals surface area contributed by atoms with Crippen molar-refractivity contribution in [3.8, 4) is 12.1 Å². The first-order valence-corrected chi connectivity index (χ1v) is 8.15. The minimum absolute atomic E-state index is 0.140. The summed E-state index contributed by atoms with van der Waals surface area (Å²) >= 11 is 12.7. The van der Waals surface area contributed by atoms with E-state index in [1.807, 2.05) is 6.92 Å². The lowest BCUT2D eigenvalue weighted by Crippen LogP contribution is -2.90. The fraction of sp³-hybridized carbons (Fsp3) is 0.438. The third-order valence-electron chi connectivity index (χ3n) is 5.18. The van der Waals surface area contributed by atoms with E-state index >= 15 is 0 Å². The smallest absolute Gasteiger partial charge is 0.311 e. The third-order valence-corrected chi connectivity index (χ3v) is 5.84. The van der Waals surface area contributed by atoms with Crippen LogP contribution in [0.25, 0.3) is 0 Å². The molecule has 0 amide bonds. The van der Waals surface area contributed by atoms with Crippen molar-refractivity contribution in [2.45, 2.75) is 24.9 Å². The first-order valence-electron chi connectivity index (χ1n) is 7.39. The molecule has 24 heavy (non-hydrogen) atoms. The summed E-state index contributed by atoms with van der Waals surface area (Å²) in [5.74, 6) is -1.98. The zero-order chi connectivity index (χ0) is 17.3. The van der Waals surface area contributed by atoms with Crippen LogP contribution in [-0.2, 0) is 9.47 Å². The lowest BCUT2D eigenvalue weighted by Gasteiger charge is -2.24. The number of hydrogen-bond donors (Lipinski definition) is 2. The molecule has 1 spiro atoms. The summed E-state index contributed by atoms with van der Waals surface area (Å²) in [6, 6.07) is 9.48. The summed E-state index contributed by atoms with van der Waals surface area (Å²) < 4.78 is 11.7. The molecule has 1 aromatic carbocycles. The molecule has 3 aliphatic rings. The van der Waals surface area contributed by atoms with E-state index in [2.05, 4.69) is 17.1 Å². The molecule has 0 unspecified atom stereocenters. The molecule has 0 aromatic heterocycles. The Balaban J connectivity index is 1.98. The van der Waals surface area contributed by atoms with Gasteiger partial charge in [0.2, 0.25) is 0 Å². The standard InChI is InChI=1S/C16H12Cl2N4O2/c1-8-5-23-16(24-8)15(7-20)12(14(15,6-19)13(21)22-16)11-9(17)3-2-4-10(11)18/h2-4,8,12H,5H2,1H3,(H2,21,22)/p+1/t8-,12+,14+,15+,16+/m0/s1. The van der Waals surface area contributed by atoms with Gasteiger partial charge in [-0.1, -0.05) is 29.3 Å². The van der Waals surface area contributed by atoms with Crippen LogP contribution >= 0.6 is 23.2 Å². The monoisotopic (exact) mass is 363 g/mol. The maximum absolute atomic E-state index is 10.1. The maximum Gasteiger partial charge on any atom is 0.343 e. The third kappa shape index (κ3) is 1.42. The number of nitrogens with zero attached hydrogens (tertiary/aromatic N) is 2. The normalized spacial score (nSPS) is 42.3. The lowest BCUT2D eigenvalue weighted by atomic mass is 9.94. The van der Waals surface area contributed by atoms with Crippen molar-refractivity contribution in [2.75, 3.05) is 6.61 Å². The summed E-state index contributed by atoms with van der Waals surface area (Å²) in [5.41, 5.74) is 3.97. The SMILES string of the molecule is C[C@H]1CO[C@@]2([NH+]=C(N)[C@@]3(C#N)[C@@H](c4c(Cl)cccc4Cl)[C@@]23C#N)O1. The number of rotatable bonds is 1. The minimum Gasteiger partial charge on any atom is -0.311 e. The molecule has 2 heterocycles. The number of amidine groups is 1. The van der Waals surface area contributed by atoms with Gasteiger partial charge in [-0.3, -0.25) is 5.73 Å². The van der Waals surface area contributed by atoms with Crippen LogP contribution in [0.4, 0.5) is 0 Å². The molecule has 0 bridgehead atoms. The van der Waals surface area contributed by atoms with Crippen molar-refractivity contribution < 1.29 is 14.5 Å². The quantitative estimate of drug-likeness (QED) is 0.761. The highest BCUT2D eigenvalue weighted by molar-refractivity contribution is 6.36. The van der Waals surface area contributed by atoms with E-state index in [9.17, 15) is 10.5 Å². The highest BCUT2D eigenvalue weighted by atomic mass is 35.5. The van der Waals surface area contributed by atoms with Crippen LogP contribution in [0.1, 0.15) is 18.4 Å². The molecule has 1 aromatic rings. The summed E-state index contributed by atoms with van der Waals surface area (Å²) in [6.45, 7) is 2.11. The van der Waals surface area contributed by atoms with Crippen LogP contribution in [0, 0.1) is 33.5 Å². The zero-order valence-corrected chi connectivity index (χ0v) is 14.1. The van der Waals surface area contributed by atoms with Gasteiger partial charge in [0.1, 0.15) is 0 Å². The number of nitriles is 2. The second-order valence-corrected chi connectivity index (χ2v) is 7.12. The second-order valence-electron chi connectivity index (χ2n) is 6.30. The van der Waals surface area contributed by atoms with Gasteiger partial charge in [-0.25, -0.2) is 4.99 Å². The van der Waals surface area contributed by atoms with E-state index in [1.165, 1.54) is 0 Å². The van der Waals surface area contributed by atoms with Crippen LogP contribution in [-0.4, -0.2) is 24.5 Å². The average molecular weight is 364 g/mol.